The van der Waals surface area contributed by atoms with Gasteiger partial charge in [0, 0.05) is 32.0 Å². The van der Waals surface area contributed by atoms with E-state index in [9.17, 15) is 9.59 Å². The van der Waals surface area contributed by atoms with Gasteiger partial charge in [0.1, 0.15) is 10.7 Å². The van der Waals surface area contributed by atoms with Crippen LogP contribution in [0, 0.1) is 12.8 Å². The monoisotopic (exact) mass is 313 g/mol. The summed E-state index contributed by atoms with van der Waals surface area (Å²) in [7, 11) is 0. The summed E-state index contributed by atoms with van der Waals surface area (Å²) in [6.45, 7) is 7.72. The number of esters is 1. The number of ether oxygens (including phenoxy) is 1. The minimum absolute atomic E-state index is 0.0571. The quantitative estimate of drug-likeness (QED) is 0.779. The van der Waals surface area contributed by atoms with Gasteiger partial charge in [-0.15, -0.1) is 0 Å². The third-order valence-corrected chi connectivity index (χ3v) is 4.08. The van der Waals surface area contributed by atoms with Gasteiger partial charge in [-0.1, -0.05) is 11.6 Å². The lowest BCUT2D eigenvalue weighted by atomic mass is 10.1. The van der Waals surface area contributed by atoms with Gasteiger partial charge >= 0.3 is 5.97 Å². The number of rotatable bonds is 5. The van der Waals surface area contributed by atoms with Crippen molar-refractivity contribution in [3.8, 4) is 0 Å². The van der Waals surface area contributed by atoms with Crippen molar-refractivity contribution in [2.24, 2.45) is 5.92 Å². The summed E-state index contributed by atoms with van der Waals surface area (Å²) in [6, 6.07) is 0. The predicted molar refractivity (Wildman–Crippen MR) is 78.3 cm³/mol. The van der Waals surface area contributed by atoms with Gasteiger partial charge in [-0.2, -0.15) is 5.10 Å². The Morgan fingerprint density at radius 2 is 2.14 bits per heavy atom. The van der Waals surface area contributed by atoms with Crippen LogP contribution in [0.15, 0.2) is 0 Å². The molecular weight excluding hydrogens is 294 g/mol. The number of hydrogen-bond acceptors (Lipinski definition) is 4. The summed E-state index contributed by atoms with van der Waals surface area (Å²) in [6.07, 6.45) is 0.433. The number of carbonyl (C=O) groups excluding carboxylic acids is 2. The summed E-state index contributed by atoms with van der Waals surface area (Å²) in [5.41, 5.74) is 0.875. The molecule has 1 aromatic heterocycles. The third kappa shape index (κ3) is 3.20. The van der Waals surface area contributed by atoms with Crippen LogP contribution in [0.3, 0.4) is 0 Å². The van der Waals surface area contributed by atoms with Crippen molar-refractivity contribution in [2.75, 3.05) is 19.7 Å². The molecule has 1 amide bonds. The molecule has 0 aliphatic carbocycles. The molecular formula is C14H20ClN3O3. The zero-order chi connectivity index (χ0) is 15.6. The molecule has 1 aliphatic rings. The predicted octanol–water partition coefficient (Wildman–Crippen LogP) is 1.89. The van der Waals surface area contributed by atoms with Gasteiger partial charge in [-0.3, -0.25) is 9.48 Å². The maximum atomic E-state index is 12.1. The summed E-state index contributed by atoms with van der Waals surface area (Å²) in [4.78, 5) is 25.5. The molecule has 1 fully saturated rings. The van der Waals surface area contributed by atoms with Crippen molar-refractivity contribution in [2.45, 2.75) is 33.7 Å². The average molecular weight is 314 g/mol. The number of amides is 1. The van der Waals surface area contributed by atoms with E-state index >= 15 is 0 Å². The van der Waals surface area contributed by atoms with E-state index in [1.165, 1.54) is 0 Å². The first kappa shape index (κ1) is 15.8. The van der Waals surface area contributed by atoms with Crippen LogP contribution in [-0.2, 0) is 16.1 Å². The first-order valence-electron chi connectivity index (χ1n) is 7.15. The van der Waals surface area contributed by atoms with Crippen LogP contribution in [0.25, 0.3) is 0 Å². The van der Waals surface area contributed by atoms with Gasteiger partial charge in [0.25, 0.3) is 0 Å². The molecule has 7 heteroatoms. The van der Waals surface area contributed by atoms with Gasteiger partial charge < -0.3 is 9.64 Å². The van der Waals surface area contributed by atoms with Crippen molar-refractivity contribution in [3.05, 3.63) is 16.4 Å². The largest absolute Gasteiger partial charge is 0.462 e. The van der Waals surface area contributed by atoms with Gasteiger partial charge in [-0.25, -0.2) is 4.79 Å². The SMILES string of the molecule is CCN1CC(COC(=O)c2c(C)nn(CC)c2Cl)CC1=O. The van der Waals surface area contributed by atoms with Crippen LogP contribution in [0.1, 0.15) is 36.3 Å². The summed E-state index contributed by atoms with van der Waals surface area (Å²) < 4.78 is 6.88. The highest BCUT2D eigenvalue weighted by Crippen LogP contribution is 2.22. The van der Waals surface area contributed by atoms with Crippen LogP contribution < -0.4 is 0 Å². The van der Waals surface area contributed by atoms with E-state index in [0.717, 1.165) is 0 Å². The molecule has 1 aromatic rings. The maximum absolute atomic E-state index is 12.1. The second-order valence-corrected chi connectivity index (χ2v) is 5.53. The molecule has 1 atom stereocenters. The van der Waals surface area contributed by atoms with E-state index in [-0.39, 0.29) is 18.4 Å². The number of hydrogen-bond donors (Lipinski definition) is 0. The van der Waals surface area contributed by atoms with Crippen molar-refractivity contribution >= 4 is 23.5 Å². The third-order valence-electron chi connectivity index (χ3n) is 3.70. The molecule has 6 nitrogen and oxygen atoms in total. The molecule has 0 bridgehead atoms. The fourth-order valence-corrected chi connectivity index (χ4v) is 2.90. The van der Waals surface area contributed by atoms with Gasteiger partial charge in [0.05, 0.1) is 12.3 Å². The summed E-state index contributed by atoms with van der Waals surface area (Å²) >= 11 is 6.13. The number of halogens is 1. The molecule has 21 heavy (non-hydrogen) atoms. The van der Waals surface area contributed by atoms with Gasteiger partial charge in [0.2, 0.25) is 5.91 Å². The van der Waals surface area contributed by atoms with E-state index in [1.807, 2.05) is 13.8 Å². The number of likely N-dealkylation sites (tertiary alicyclic amines) is 1. The Labute approximate surface area is 129 Å². The first-order chi connectivity index (χ1) is 9.97. The molecule has 2 heterocycles. The van der Waals surface area contributed by atoms with Crippen molar-refractivity contribution in [3.63, 3.8) is 0 Å². The van der Waals surface area contributed by atoms with E-state index in [1.54, 1.807) is 16.5 Å². The summed E-state index contributed by atoms with van der Waals surface area (Å²) in [5, 5.41) is 4.49. The smallest absolute Gasteiger partial charge is 0.343 e. The number of aryl methyl sites for hydroxylation is 2. The summed E-state index contributed by atoms with van der Waals surface area (Å²) in [5.74, 6) is -0.298. The van der Waals surface area contributed by atoms with Crippen molar-refractivity contribution in [1.82, 2.24) is 14.7 Å². The Bertz CT molecular complexity index is 556. The number of aromatic nitrogens is 2. The zero-order valence-electron chi connectivity index (χ0n) is 12.6. The molecule has 0 N–H and O–H groups in total. The Balaban J connectivity index is 1.97. The standard InChI is InChI=1S/C14H20ClN3O3/c1-4-17-7-10(6-11(17)19)8-21-14(20)12-9(3)16-18(5-2)13(12)15/h10H,4-8H2,1-3H3. The van der Waals surface area contributed by atoms with E-state index < -0.39 is 5.97 Å². The maximum Gasteiger partial charge on any atom is 0.343 e. The minimum Gasteiger partial charge on any atom is -0.462 e. The average Bonchev–Trinajstić information content (AvgIpc) is 2.96. The van der Waals surface area contributed by atoms with Crippen molar-refractivity contribution < 1.29 is 14.3 Å². The Kier molecular flexibility index (Phi) is 4.88. The second-order valence-electron chi connectivity index (χ2n) is 5.17. The lowest BCUT2D eigenvalue weighted by Gasteiger charge is -2.13. The highest BCUT2D eigenvalue weighted by molar-refractivity contribution is 6.32. The van der Waals surface area contributed by atoms with Crippen LogP contribution in [0.2, 0.25) is 5.15 Å². The molecule has 0 radical (unpaired) electrons. The topological polar surface area (TPSA) is 64.4 Å². The fourth-order valence-electron chi connectivity index (χ4n) is 2.53. The Hall–Kier alpha value is -1.56. The van der Waals surface area contributed by atoms with E-state index in [0.29, 0.717) is 42.5 Å². The first-order valence-corrected chi connectivity index (χ1v) is 7.53. The highest BCUT2D eigenvalue weighted by Gasteiger charge is 2.30. The van der Waals surface area contributed by atoms with E-state index in [2.05, 4.69) is 5.10 Å². The minimum atomic E-state index is -0.473. The lowest BCUT2D eigenvalue weighted by Crippen LogP contribution is -2.25. The fraction of sp³-hybridized carbons (Fsp3) is 0.643. The van der Waals surface area contributed by atoms with Crippen LogP contribution in [0.4, 0.5) is 0 Å². The molecule has 116 valence electrons. The molecule has 0 aromatic carbocycles. The molecule has 0 spiro atoms. The molecule has 0 saturated carbocycles. The zero-order valence-corrected chi connectivity index (χ0v) is 13.3. The van der Waals surface area contributed by atoms with Gasteiger partial charge in [-0.05, 0) is 20.8 Å². The van der Waals surface area contributed by atoms with Crippen molar-refractivity contribution in [1.29, 1.82) is 0 Å². The van der Waals surface area contributed by atoms with Gasteiger partial charge in [0.15, 0.2) is 0 Å². The second kappa shape index (κ2) is 6.47. The normalized spacial score (nSPS) is 18.4. The molecule has 1 aliphatic heterocycles. The highest BCUT2D eigenvalue weighted by atomic mass is 35.5. The van der Waals surface area contributed by atoms with Crippen LogP contribution >= 0.6 is 11.6 Å². The Morgan fingerprint density at radius 3 is 2.67 bits per heavy atom. The van der Waals surface area contributed by atoms with Crippen LogP contribution in [0.5, 0.6) is 0 Å². The molecule has 2 rings (SSSR count). The molecule has 1 saturated heterocycles. The Morgan fingerprint density at radius 1 is 1.43 bits per heavy atom. The number of carbonyl (C=O) groups is 2. The molecule has 1 unspecified atom stereocenters. The van der Waals surface area contributed by atoms with E-state index in [4.69, 9.17) is 16.3 Å². The lowest BCUT2D eigenvalue weighted by molar-refractivity contribution is -0.127. The van der Waals surface area contributed by atoms with Crippen LogP contribution in [-0.4, -0.2) is 46.3 Å². The number of nitrogens with zero attached hydrogens (tertiary/aromatic N) is 3.